The first kappa shape index (κ1) is 8.17. The quantitative estimate of drug-likeness (QED) is 0.373. The molecule has 60 valence electrons. The molecule has 0 bridgehead atoms. The Balaban J connectivity index is 2.28. The first-order valence-electron chi connectivity index (χ1n) is 3.58. The molecule has 0 aliphatic heterocycles. The molecule has 0 aromatic carbocycles. The molecule has 3 nitrogen and oxygen atoms in total. The van der Waals surface area contributed by atoms with Gasteiger partial charge in [-0.15, -0.1) is 0 Å². The molecular weight excluding hydrogens is 142 g/mol. The molecule has 1 aromatic heterocycles. The lowest BCUT2D eigenvalue weighted by Gasteiger charge is -1.99. The van der Waals surface area contributed by atoms with E-state index >= 15 is 0 Å². The van der Waals surface area contributed by atoms with Crippen molar-refractivity contribution in [3.63, 3.8) is 0 Å². The molecule has 0 unspecified atom stereocenters. The van der Waals surface area contributed by atoms with E-state index in [9.17, 15) is 0 Å². The number of hydrogen-bond donors (Lipinski definition) is 0. The van der Waals surface area contributed by atoms with Crippen molar-refractivity contribution in [1.82, 2.24) is 4.98 Å². The minimum Gasteiger partial charge on any atom is -0.259 e. The van der Waals surface area contributed by atoms with Crippen LogP contribution in [0, 0.1) is 0 Å². The maximum atomic E-state index is 4.81. The average Bonchev–Trinajstić information content (AvgIpc) is 2.07. The Morgan fingerprint density at radius 2 is 2.27 bits per heavy atom. The molecule has 0 aliphatic rings. The first-order valence-corrected chi connectivity index (χ1v) is 3.58. The molecule has 0 N–H and O–H groups in total. The molecular formula is C8H11NO2. The van der Waals surface area contributed by atoms with Crippen molar-refractivity contribution in [1.29, 1.82) is 0 Å². The van der Waals surface area contributed by atoms with Crippen LogP contribution in [-0.4, -0.2) is 11.6 Å². The van der Waals surface area contributed by atoms with Gasteiger partial charge < -0.3 is 0 Å². The highest BCUT2D eigenvalue weighted by Crippen LogP contribution is 1.95. The summed E-state index contributed by atoms with van der Waals surface area (Å²) in [5.74, 6) is 0. The molecule has 3 heteroatoms. The highest BCUT2D eigenvalue weighted by molar-refractivity contribution is 5.01. The Hall–Kier alpha value is -0.930. The molecule has 1 heterocycles. The van der Waals surface area contributed by atoms with E-state index in [0.717, 1.165) is 5.69 Å². The molecule has 0 amide bonds. The Morgan fingerprint density at radius 1 is 1.36 bits per heavy atom. The largest absolute Gasteiger partial charge is 0.259 e. The maximum Gasteiger partial charge on any atom is 0.124 e. The second kappa shape index (κ2) is 4.82. The van der Waals surface area contributed by atoms with Gasteiger partial charge in [-0.3, -0.25) is 4.98 Å². The van der Waals surface area contributed by atoms with Crippen LogP contribution in [0.1, 0.15) is 12.6 Å². The molecule has 0 atom stereocenters. The molecule has 0 aliphatic carbocycles. The monoisotopic (exact) mass is 153 g/mol. The Labute approximate surface area is 65.9 Å². The van der Waals surface area contributed by atoms with E-state index in [-0.39, 0.29) is 0 Å². The molecule has 0 spiro atoms. The van der Waals surface area contributed by atoms with Crippen molar-refractivity contribution in [3.05, 3.63) is 30.1 Å². The Bertz CT molecular complexity index is 189. The van der Waals surface area contributed by atoms with E-state index in [2.05, 4.69) is 4.98 Å². The first-order chi connectivity index (χ1) is 5.43. The van der Waals surface area contributed by atoms with E-state index in [1.165, 1.54) is 0 Å². The van der Waals surface area contributed by atoms with Crippen LogP contribution in [0.25, 0.3) is 0 Å². The van der Waals surface area contributed by atoms with Gasteiger partial charge in [0.25, 0.3) is 0 Å². The smallest absolute Gasteiger partial charge is 0.124 e. The standard InChI is InChI=1S/C8H11NO2/c1-2-10-11-7-8-5-3-4-6-9-8/h3-6H,2,7H2,1H3. The van der Waals surface area contributed by atoms with E-state index in [1.54, 1.807) is 6.20 Å². The number of pyridine rings is 1. The second-order valence-electron chi connectivity index (χ2n) is 1.99. The molecule has 0 radical (unpaired) electrons. The van der Waals surface area contributed by atoms with Crippen molar-refractivity contribution < 1.29 is 9.78 Å². The van der Waals surface area contributed by atoms with Crippen LogP contribution < -0.4 is 0 Å². The van der Waals surface area contributed by atoms with Gasteiger partial charge in [0, 0.05) is 6.20 Å². The summed E-state index contributed by atoms with van der Waals surface area (Å²) in [6.45, 7) is 2.85. The molecule has 0 saturated heterocycles. The summed E-state index contributed by atoms with van der Waals surface area (Å²) in [6, 6.07) is 5.67. The zero-order chi connectivity index (χ0) is 7.94. The summed E-state index contributed by atoms with van der Waals surface area (Å²) in [6.07, 6.45) is 1.73. The number of hydrogen-bond acceptors (Lipinski definition) is 3. The van der Waals surface area contributed by atoms with Crippen LogP contribution in [-0.2, 0) is 16.4 Å². The van der Waals surface area contributed by atoms with Crippen LogP contribution in [0.5, 0.6) is 0 Å². The van der Waals surface area contributed by atoms with Gasteiger partial charge in [-0.05, 0) is 19.1 Å². The minimum absolute atomic E-state index is 0.411. The van der Waals surface area contributed by atoms with Crippen molar-refractivity contribution in [2.24, 2.45) is 0 Å². The van der Waals surface area contributed by atoms with Gasteiger partial charge in [0.05, 0.1) is 12.3 Å². The van der Waals surface area contributed by atoms with Crippen LogP contribution in [0.15, 0.2) is 24.4 Å². The lowest BCUT2D eigenvalue weighted by Crippen LogP contribution is -1.95. The van der Waals surface area contributed by atoms with Crippen LogP contribution >= 0.6 is 0 Å². The fraction of sp³-hybridized carbons (Fsp3) is 0.375. The van der Waals surface area contributed by atoms with Crippen LogP contribution in [0.2, 0.25) is 0 Å². The fourth-order valence-electron chi connectivity index (χ4n) is 0.669. The molecule has 0 saturated carbocycles. The van der Waals surface area contributed by atoms with E-state index in [0.29, 0.717) is 13.2 Å². The lowest BCUT2D eigenvalue weighted by molar-refractivity contribution is -0.301. The predicted octanol–water partition coefficient (Wildman–Crippen LogP) is 1.55. The zero-order valence-corrected chi connectivity index (χ0v) is 6.49. The summed E-state index contributed by atoms with van der Waals surface area (Å²) in [4.78, 5) is 13.5. The zero-order valence-electron chi connectivity index (χ0n) is 6.49. The summed E-state index contributed by atoms with van der Waals surface area (Å²) in [5.41, 5.74) is 0.876. The van der Waals surface area contributed by atoms with Gasteiger partial charge >= 0.3 is 0 Å². The van der Waals surface area contributed by atoms with Crippen LogP contribution in [0.3, 0.4) is 0 Å². The lowest BCUT2D eigenvalue weighted by atomic mass is 10.4. The van der Waals surface area contributed by atoms with Crippen molar-refractivity contribution in [2.45, 2.75) is 13.5 Å². The summed E-state index contributed by atoms with van der Waals surface area (Å²) < 4.78 is 0. The normalized spacial score (nSPS) is 9.91. The SMILES string of the molecule is CCOOCc1ccccn1. The maximum absolute atomic E-state index is 4.81. The van der Waals surface area contributed by atoms with Crippen molar-refractivity contribution in [2.75, 3.05) is 6.61 Å². The third kappa shape index (κ3) is 3.11. The predicted molar refractivity (Wildman–Crippen MR) is 40.7 cm³/mol. The molecule has 1 rings (SSSR count). The average molecular weight is 153 g/mol. The second-order valence-corrected chi connectivity index (χ2v) is 1.99. The third-order valence-electron chi connectivity index (χ3n) is 1.13. The van der Waals surface area contributed by atoms with E-state index in [4.69, 9.17) is 9.78 Å². The number of nitrogens with zero attached hydrogens (tertiary/aromatic N) is 1. The summed E-state index contributed by atoms with van der Waals surface area (Å²) in [7, 11) is 0. The topological polar surface area (TPSA) is 31.4 Å². The Morgan fingerprint density at radius 3 is 2.91 bits per heavy atom. The van der Waals surface area contributed by atoms with Crippen LogP contribution in [0.4, 0.5) is 0 Å². The minimum atomic E-state index is 0.411. The molecule has 11 heavy (non-hydrogen) atoms. The highest BCUT2D eigenvalue weighted by atomic mass is 17.2. The van der Waals surface area contributed by atoms with Gasteiger partial charge in [-0.1, -0.05) is 6.07 Å². The molecule has 0 fully saturated rings. The van der Waals surface area contributed by atoms with Gasteiger partial charge in [0.2, 0.25) is 0 Å². The van der Waals surface area contributed by atoms with E-state index < -0.39 is 0 Å². The molecule has 1 aromatic rings. The van der Waals surface area contributed by atoms with Gasteiger partial charge in [-0.2, -0.15) is 0 Å². The fourth-order valence-corrected chi connectivity index (χ4v) is 0.669. The van der Waals surface area contributed by atoms with Crippen molar-refractivity contribution in [3.8, 4) is 0 Å². The van der Waals surface area contributed by atoms with Crippen molar-refractivity contribution >= 4 is 0 Å². The van der Waals surface area contributed by atoms with Gasteiger partial charge in [0.15, 0.2) is 0 Å². The third-order valence-corrected chi connectivity index (χ3v) is 1.13. The Kier molecular flexibility index (Phi) is 3.58. The summed E-state index contributed by atoms with van der Waals surface area (Å²) in [5, 5.41) is 0. The van der Waals surface area contributed by atoms with Gasteiger partial charge in [0.1, 0.15) is 6.61 Å². The van der Waals surface area contributed by atoms with Gasteiger partial charge in [-0.25, -0.2) is 9.78 Å². The van der Waals surface area contributed by atoms with E-state index in [1.807, 2.05) is 25.1 Å². The highest BCUT2D eigenvalue weighted by Gasteiger charge is 1.91. The summed E-state index contributed by atoms with van der Waals surface area (Å²) >= 11 is 0. The number of aromatic nitrogens is 1. The number of rotatable bonds is 4.